The van der Waals surface area contributed by atoms with Gasteiger partial charge in [0.25, 0.3) is 0 Å². The van der Waals surface area contributed by atoms with E-state index < -0.39 is 0 Å². The molecule has 132 valence electrons. The molecule has 0 aliphatic heterocycles. The molecule has 25 heavy (non-hydrogen) atoms. The molecule has 1 aliphatic rings. The van der Waals surface area contributed by atoms with Gasteiger partial charge in [-0.25, -0.2) is 4.98 Å². The monoisotopic (exact) mass is 402 g/mol. The van der Waals surface area contributed by atoms with Gasteiger partial charge in [-0.1, -0.05) is 47.5 Å². The van der Waals surface area contributed by atoms with Crippen LogP contribution in [0.5, 0.6) is 5.88 Å². The lowest BCUT2D eigenvalue weighted by Gasteiger charge is -2.11. The summed E-state index contributed by atoms with van der Waals surface area (Å²) in [6.45, 7) is 3.23. The Bertz CT molecular complexity index is 735. The maximum Gasteiger partial charge on any atom is 0.224 e. The van der Waals surface area contributed by atoms with E-state index in [1.807, 2.05) is 24.3 Å². The Kier molecular flexibility index (Phi) is 6.08. The topological polar surface area (TPSA) is 51.2 Å². The van der Waals surface area contributed by atoms with Gasteiger partial charge >= 0.3 is 0 Å². The van der Waals surface area contributed by atoms with Crippen molar-refractivity contribution in [1.29, 1.82) is 0 Å². The van der Waals surface area contributed by atoms with Crippen molar-refractivity contribution in [2.45, 2.75) is 38.6 Å². The number of carbonyl (C=O) groups is 1. The number of hydrogen-bond donors (Lipinski definition) is 1. The van der Waals surface area contributed by atoms with Gasteiger partial charge in [0, 0.05) is 28.7 Å². The van der Waals surface area contributed by atoms with E-state index in [1.54, 1.807) is 6.20 Å². The summed E-state index contributed by atoms with van der Waals surface area (Å²) in [6, 6.07) is 12.0. The minimum absolute atomic E-state index is 0.0652. The van der Waals surface area contributed by atoms with Crippen LogP contribution >= 0.6 is 15.9 Å². The molecule has 1 aliphatic carbocycles. The van der Waals surface area contributed by atoms with Gasteiger partial charge in [-0.05, 0) is 42.5 Å². The van der Waals surface area contributed by atoms with Crippen molar-refractivity contribution in [3.8, 4) is 5.88 Å². The number of benzene rings is 1. The van der Waals surface area contributed by atoms with Crippen LogP contribution in [0.15, 0.2) is 47.1 Å². The normalized spacial score (nSPS) is 18.6. The van der Waals surface area contributed by atoms with Crippen LogP contribution in [0.25, 0.3) is 0 Å². The number of hydrogen-bond acceptors (Lipinski definition) is 3. The molecule has 1 aromatic heterocycles. The number of nitrogens with zero attached hydrogens (tertiary/aromatic N) is 1. The maximum absolute atomic E-state index is 12.4. The predicted molar refractivity (Wildman–Crippen MR) is 101 cm³/mol. The van der Waals surface area contributed by atoms with Gasteiger partial charge in [-0.15, -0.1) is 0 Å². The third-order valence-electron chi connectivity index (χ3n) is 4.44. The van der Waals surface area contributed by atoms with Crippen LogP contribution in [-0.4, -0.2) is 17.5 Å². The van der Waals surface area contributed by atoms with Crippen LogP contribution in [0.4, 0.5) is 0 Å². The first-order valence-corrected chi connectivity index (χ1v) is 9.58. The standard InChI is InChI=1S/C20H23BrN2O2/c1-2-3-10-25-20-15(7-5-9-22-20)13-23-19(24)18-12-17(18)14-6-4-8-16(21)11-14/h4-9,11,17-18H,2-3,10,12-13H2,1H3,(H,23,24). The summed E-state index contributed by atoms with van der Waals surface area (Å²) >= 11 is 3.49. The third-order valence-corrected chi connectivity index (χ3v) is 4.94. The number of aromatic nitrogens is 1. The number of rotatable bonds is 8. The average molecular weight is 403 g/mol. The molecule has 2 atom stereocenters. The first-order valence-electron chi connectivity index (χ1n) is 8.79. The lowest BCUT2D eigenvalue weighted by atomic mass is 10.1. The summed E-state index contributed by atoms with van der Waals surface area (Å²) in [5.74, 6) is 1.12. The summed E-state index contributed by atoms with van der Waals surface area (Å²) in [5, 5.41) is 3.04. The van der Waals surface area contributed by atoms with E-state index in [2.05, 4.69) is 45.3 Å². The first kappa shape index (κ1) is 17.9. The largest absolute Gasteiger partial charge is 0.477 e. The lowest BCUT2D eigenvalue weighted by Crippen LogP contribution is -2.25. The number of unbranched alkanes of at least 4 members (excludes halogenated alkanes) is 1. The highest BCUT2D eigenvalue weighted by Crippen LogP contribution is 2.48. The SMILES string of the molecule is CCCCOc1ncccc1CNC(=O)C1CC1c1cccc(Br)c1. The Morgan fingerprint density at radius 3 is 3.04 bits per heavy atom. The molecular weight excluding hydrogens is 380 g/mol. The second kappa shape index (κ2) is 8.48. The predicted octanol–water partition coefficient (Wildman–Crippen LogP) is 4.44. The molecule has 0 radical (unpaired) electrons. The molecule has 2 unspecified atom stereocenters. The third kappa shape index (κ3) is 4.82. The van der Waals surface area contributed by atoms with Gasteiger partial charge in [-0.2, -0.15) is 0 Å². The fourth-order valence-corrected chi connectivity index (χ4v) is 3.32. The Morgan fingerprint density at radius 2 is 2.24 bits per heavy atom. The Balaban J connectivity index is 1.53. The van der Waals surface area contributed by atoms with Crippen molar-refractivity contribution in [3.63, 3.8) is 0 Å². The summed E-state index contributed by atoms with van der Waals surface area (Å²) in [6.07, 6.45) is 4.71. The van der Waals surface area contributed by atoms with Crippen LogP contribution in [0.1, 0.15) is 43.2 Å². The fourth-order valence-electron chi connectivity index (χ4n) is 2.91. The molecule has 1 aromatic carbocycles. The summed E-state index contributed by atoms with van der Waals surface area (Å²) < 4.78 is 6.78. The number of ether oxygens (including phenoxy) is 1. The molecule has 2 aromatic rings. The molecule has 0 bridgehead atoms. The van der Waals surface area contributed by atoms with E-state index in [0.717, 1.165) is 29.3 Å². The van der Waals surface area contributed by atoms with Crippen LogP contribution in [0.2, 0.25) is 0 Å². The van der Waals surface area contributed by atoms with Crippen molar-refractivity contribution in [1.82, 2.24) is 10.3 Å². The summed E-state index contributed by atoms with van der Waals surface area (Å²) in [4.78, 5) is 16.7. The van der Waals surface area contributed by atoms with E-state index >= 15 is 0 Å². The highest BCUT2D eigenvalue weighted by molar-refractivity contribution is 9.10. The summed E-state index contributed by atoms with van der Waals surface area (Å²) in [5.41, 5.74) is 2.14. The van der Waals surface area contributed by atoms with Crippen molar-refractivity contribution < 1.29 is 9.53 Å². The second-order valence-corrected chi connectivity index (χ2v) is 7.31. The van der Waals surface area contributed by atoms with Crippen LogP contribution in [0.3, 0.4) is 0 Å². The van der Waals surface area contributed by atoms with Crippen LogP contribution in [-0.2, 0) is 11.3 Å². The zero-order valence-corrected chi connectivity index (χ0v) is 16.0. The van der Waals surface area contributed by atoms with Gasteiger partial charge in [0.15, 0.2) is 0 Å². The highest BCUT2D eigenvalue weighted by Gasteiger charge is 2.43. The van der Waals surface area contributed by atoms with Crippen molar-refractivity contribution in [3.05, 3.63) is 58.2 Å². The molecule has 1 fully saturated rings. The number of halogens is 1. The van der Waals surface area contributed by atoms with Crippen molar-refractivity contribution >= 4 is 21.8 Å². The summed E-state index contributed by atoms with van der Waals surface area (Å²) in [7, 11) is 0. The van der Waals surface area contributed by atoms with Crippen molar-refractivity contribution in [2.75, 3.05) is 6.61 Å². The molecule has 4 nitrogen and oxygen atoms in total. The molecule has 0 saturated heterocycles. The number of carbonyl (C=O) groups excluding carboxylic acids is 1. The molecule has 1 N–H and O–H groups in total. The van der Waals surface area contributed by atoms with E-state index in [9.17, 15) is 4.79 Å². The van der Waals surface area contributed by atoms with E-state index in [-0.39, 0.29) is 11.8 Å². The molecule has 1 saturated carbocycles. The first-order chi connectivity index (χ1) is 12.2. The Labute approximate surface area is 157 Å². The Hall–Kier alpha value is -1.88. The van der Waals surface area contributed by atoms with E-state index in [1.165, 1.54) is 5.56 Å². The van der Waals surface area contributed by atoms with E-state index in [0.29, 0.717) is 24.9 Å². The lowest BCUT2D eigenvalue weighted by molar-refractivity contribution is -0.122. The minimum atomic E-state index is 0.0652. The number of nitrogens with one attached hydrogen (secondary N) is 1. The Morgan fingerprint density at radius 1 is 1.36 bits per heavy atom. The number of amides is 1. The zero-order valence-electron chi connectivity index (χ0n) is 14.4. The molecular formula is C20H23BrN2O2. The van der Waals surface area contributed by atoms with Gasteiger partial charge in [0.1, 0.15) is 0 Å². The quantitative estimate of drug-likeness (QED) is 0.663. The van der Waals surface area contributed by atoms with Crippen molar-refractivity contribution in [2.24, 2.45) is 5.92 Å². The maximum atomic E-state index is 12.4. The number of pyridine rings is 1. The zero-order chi connectivity index (χ0) is 17.6. The fraction of sp³-hybridized carbons (Fsp3) is 0.400. The van der Waals surface area contributed by atoms with Gasteiger partial charge in [0.2, 0.25) is 11.8 Å². The van der Waals surface area contributed by atoms with Crippen LogP contribution < -0.4 is 10.1 Å². The highest BCUT2D eigenvalue weighted by atomic mass is 79.9. The molecule has 5 heteroatoms. The smallest absolute Gasteiger partial charge is 0.224 e. The van der Waals surface area contributed by atoms with Gasteiger partial charge in [-0.3, -0.25) is 4.79 Å². The molecule has 3 rings (SSSR count). The van der Waals surface area contributed by atoms with Gasteiger partial charge in [0.05, 0.1) is 6.61 Å². The van der Waals surface area contributed by atoms with E-state index in [4.69, 9.17) is 4.74 Å². The average Bonchev–Trinajstić information content (AvgIpc) is 3.42. The second-order valence-electron chi connectivity index (χ2n) is 6.39. The minimum Gasteiger partial charge on any atom is -0.477 e. The molecule has 0 spiro atoms. The van der Waals surface area contributed by atoms with Gasteiger partial charge < -0.3 is 10.1 Å². The molecule has 1 amide bonds. The van der Waals surface area contributed by atoms with Crippen LogP contribution in [0, 0.1) is 5.92 Å². The molecule has 1 heterocycles.